The van der Waals surface area contributed by atoms with Gasteiger partial charge in [-0.15, -0.1) is 11.8 Å². The lowest BCUT2D eigenvalue weighted by molar-refractivity contribution is -0.131. The Labute approximate surface area is 173 Å². The van der Waals surface area contributed by atoms with Crippen LogP contribution in [0.3, 0.4) is 0 Å². The standard InChI is InChI=1S/C19H24ClN5O2S/c20-13-1-2-15-17(9-13)27-19(22-15)24-5-3-23(4-6-24)14-10-16(21-11-14)18(26)25-7-8-28-12-25/h1-2,9,14,16,21H,3-8,10-12H2/t14-,16-/m0/s1. The van der Waals surface area contributed by atoms with Crippen LogP contribution < -0.4 is 10.2 Å². The molecule has 2 aromatic rings. The number of carbonyl (C=O) groups is 1. The number of benzene rings is 1. The number of hydrogen-bond acceptors (Lipinski definition) is 7. The number of carbonyl (C=O) groups excluding carboxylic acids is 1. The first-order valence-electron chi connectivity index (χ1n) is 9.82. The zero-order chi connectivity index (χ0) is 19.1. The topological polar surface area (TPSA) is 64.9 Å². The number of nitrogens with one attached hydrogen (secondary N) is 1. The van der Waals surface area contributed by atoms with E-state index in [9.17, 15) is 4.79 Å². The number of oxazole rings is 1. The molecule has 0 aliphatic carbocycles. The van der Waals surface area contributed by atoms with E-state index in [1.165, 1.54) is 0 Å². The molecular formula is C19H24ClN5O2S. The number of aromatic nitrogens is 1. The highest BCUT2D eigenvalue weighted by molar-refractivity contribution is 7.99. The van der Waals surface area contributed by atoms with Crippen LogP contribution in [0.4, 0.5) is 6.01 Å². The van der Waals surface area contributed by atoms with Gasteiger partial charge in [0.05, 0.1) is 11.9 Å². The summed E-state index contributed by atoms with van der Waals surface area (Å²) in [5, 5.41) is 4.11. The van der Waals surface area contributed by atoms with Crippen molar-refractivity contribution in [3.05, 3.63) is 23.2 Å². The SMILES string of the molecule is O=C([C@@H]1C[C@H](N2CCN(c3nc4ccc(Cl)cc4o3)CC2)CN1)N1CCSC1. The summed E-state index contributed by atoms with van der Waals surface area (Å²) in [6, 6.07) is 6.60. The largest absolute Gasteiger partial charge is 0.423 e. The molecule has 2 atom stereocenters. The number of hydrogen-bond donors (Lipinski definition) is 1. The molecule has 150 valence electrons. The van der Waals surface area contributed by atoms with Gasteiger partial charge >= 0.3 is 0 Å². The summed E-state index contributed by atoms with van der Waals surface area (Å²) >= 11 is 7.88. The van der Waals surface area contributed by atoms with Gasteiger partial charge in [0, 0.05) is 62.2 Å². The normalized spacial score (nSPS) is 26.5. The minimum absolute atomic E-state index is 0.0245. The van der Waals surface area contributed by atoms with Gasteiger partial charge in [0.15, 0.2) is 5.58 Å². The Kier molecular flexibility index (Phi) is 5.13. The Morgan fingerprint density at radius 3 is 2.89 bits per heavy atom. The van der Waals surface area contributed by atoms with Crippen LogP contribution in [0.25, 0.3) is 11.1 Å². The molecule has 0 spiro atoms. The third-order valence-electron chi connectivity index (χ3n) is 5.91. The highest BCUT2D eigenvalue weighted by Gasteiger charge is 2.37. The number of nitrogens with zero attached hydrogens (tertiary/aromatic N) is 4. The van der Waals surface area contributed by atoms with E-state index in [1.54, 1.807) is 0 Å². The van der Waals surface area contributed by atoms with Gasteiger partial charge in [-0.1, -0.05) is 11.6 Å². The Morgan fingerprint density at radius 1 is 1.25 bits per heavy atom. The first-order chi connectivity index (χ1) is 13.7. The van der Waals surface area contributed by atoms with Crippen LogP contribution >= 0.6 is 23.4 Å². The molecule has 0 bridgehead atoms. The van der Waals surface area contributed by atoms with E-state index in [-0.39, 0.29) is 11.9 Å². The Morgan fingerprint density at radius 2 is 2.11 bits per heavy atom. The maximum Gasteiger partial charge on any atom is 0.298 e. The van der Waals surface area contributed by atoms with Crippen molar-refractivity contribution < 1.29 is 9.21 Å². The van der Waals surface area contributed by atoms with E-state index in [4.69, 9.17) is 16.0 Å². The summed E-state index contributed by atoms with van der Waals surface area (Å²) in [7, 11) is 0. The number of thioether (sulfide) groups is 1. The zero-order valence-corrected chi connectivity index (χ0v) is 17.2. The Bertz CT molecular complexity index is 863. The minimum Gasteiger partial charge on any atom is -0.423 e. The first-order valence-corrected chi connectivity index (χ1v) is 11.4. The van der Waals surface area contributed by atoms with Gasteiger partial charge in [-0.05, 0) is 18.6 Å². The monoisotopic (exact) mass is 421 g/mol. The van der Waals surface area contributed by atoms with Crippen LogP contribution in [-0.2, 0) is 4.79 Å². The molecule has 7 nitrogen and oxygen atoms in total. The van der Waals surface area contributed by atoms with Crippen molar-refractivity contribution in [1.82, 2.24) is 20.1 Å². The van der Waals surface area contributed by atoms with Gasteiger partial charge in [-0.2, -0.15) is 4.98 Å². The van der Waals surface area contributed by atoms with Gasteiger partial charge < -0.3 is 19.5 Å². The van der Waals surface area contributed by atoms with Crippen LogP contribution in [0, 0.1) is 0 Å². The first kappa shape index (κ1) is 18.5. The van der Waals surface area contributed by atoms with E-state index in [0.29, 0.717) is 17.1 Å². The second-order valence-electron chi connectivity index (χ2n) is 7.62. The minimum atomic E-state index is -0.0245. The molecule has 5 rings (SSSR count). The van der Waals surface area contributed by atoms with Crippen LogP contribution in [0.15, 0.2) is 22.6 Å². The number of piperazine rings is 1. The smallest absolute Gasteiger partial charge is 0.298 e. The third-order valence-corrected chi connectivity index (χ3v) is 7.11. The van der Waals surface area contributed by atoms with Crippen molar-refractivity contribution in [3.63, 3.8) is 0 Å². The molecule has 3 aliphatic heterocycles. The summed E-state index contributed by atoms with van der Waals surface area (Å²) in [5.74, 6) is 2.18. The number of amides is 1. The highest BCUT2D eigenvalue weighted by Crippen LogP contribution is 2.26. The van der Waals surface area contributed by atoms with Gasteiger partial charge in [0.25, 0.3) is 6.01 Å². The molecule has 0 unspecified atom stereocenters. The lowest BCUT2D eigenvalue weighted by atomic mass is 10.1. The maximum absolute atomic E-state index is 12.6. The van der Waals surface area contributed by atoms with Crippen LogP contribution in [0.5, 0.6) is 0 Å². The molecular weight excluding hydrogens is 398 g/mol. The number of fused-ring (bicyclic) bond motifs is 1. The number of rotatable bonds is 3. The van der Waals surface area contributed by atoms with Gasteiger partial charge in [0.2, 0.25) is 5.91 Å². The molecule has 4 heterocycles. The fourth-order valence-electron chi connectivity index (χ4n) is 4.29. The van der Waals surface area contributed by atoms with Crippen LogP contribution in [-0.4, -0.2) is 83.7 Å². The van der Waals surface area contributed by atoms with Crippen molar-refractivity contribution in [3.8, 4) is 0 Å². The van der Waals surface area contributed by atoms with Gasteiger partial charge in [-0.3, -0.25) is 9.69 Å². The summed E-state index contributed by atoms with van der Waals surface area (Å²) in [6.07, 6.45) is 0.904. The highest BCUT2D eigenvalue weighted by atomic mass is 35.5. The van der Waals surface area contributed by atoms with Gasteiger partial charge in [0.1, 0.15) is 5.52 Å². The van der Waals surface area contributed by atoms with E-state index < -0.39 is 0 Å². The van der Waals surface area contributed by atoms with Crippen LogP contribution in [0.2, 0.25) is 5.02 Å². The maximum atomic E-state index is 12.6. The summed E-state index contributed by atoms with van der Waals surface area (Å²) in [5.41, 5.74) is 1.56. The fourth-order valence-corrected chi connectivity index (χ4v) is 5.41. The Hall–Kier alpha value is -1.48. The number of anilines is 1. The predicted octanol–water partition coefficient (Wildman–Crippen LogP) is 1.87. The quantitative estimate of drug-likeness (QED) is 0.811. The third kappa shape index (κ3) is 3.58. The van der Waals surface area contributed by atoms with Crippen molar-refractivity contribution in [2.24, 2.45) is 0 Å². The summed E-state index contributed by atoms with van der Waals surface area (Å²) < 4.78 is 5.90. The zero-order valence-electron chi connectivity index (χ0n) is 15.6. The molecule has 0 radical (unpaired) electrons. The molecule has 0 saturated carbocycles. The molecule has 3 fully saturated rings. The molecule has 9 heteroatoms. The molecule has 1 aromatic carbocycles. The van der Waals surface area contributed by atoms with Crippen molar-refractivity contribution in [2.45, 2.75) is 18.5 Å². The average Bonchev–Trinajstić information content (AvgIpc) is 3.47. The van der Waals surface area contributed by atoms with E-state index >= 15 is 0 Å². The average molecular weight is 422 g/mol. The summed E-state index contributed by atoms with van der Waals surface area (Å²) in [6.45, 7) is 5.43. The second kappa shape index (κ2) is 7.74. The predicted molar refractivity (Wildman–Crippen MR) is 112 cm³/mol. The lowest BCUT2D eigenvalue weighted by Crippen LogP contribution is -2.51. The van der Waals surface area contributed by atoms with E-state index in [1.807, 2.05) is 34.9 Å². The van der Waals surface area contributed by atoms with Crippen LogP contribution in [0.1, 0.15) is 6.42 Å². The Balaban J connectivity index is 1.17. The lowest BCUT2D eigenvalue weighted by Gasteiger charge is -2.37. The fraction of sp³-hybridized carbons (Fsp3) is 0.579. The molecule has 3 aliphatic rings. The molecule has 1 amide bonds. The van der Waals surface area contributed by atoms with E-state index in [2.05, 4.69) is 20.1 Å². The molecule has 1 aromatic heterocycles. The second-order valence-corrected chi connectivity index (χ2v) is 9.13. The number of halogens is 1. The van der Waals surface area contributed by atoms with Gasteiger partial charge in [-0.25, -0.2) is 0 Å². The molecule has 1 N–H and O–H groups in total. The van der Waals surface area contributed by atoms with Crippen molar-refractivity contribution >= 4 is 46.4 Å². The van der Waals surface area contributed by atoms with Crippen molar-refractivity contribution in [2.75, 3.05) is 55.8 Å². The molecule has 3 saturated heterocycles. The van der Waals surface area contributed by atoms with Crippen molar-refractivity contribution in [1.29, 1.82) is 0 Å². The van der Waals surface area contributed by atoms with E-state index in [0.717, 1.165) is 68.4 Å². The molecule has 28 heavy (non-hydrogen) atoms. The summed E-state index contributed by atoms with van der Waals surface area (Å²) in [4.78, 5) is 23.9.